The molecule has 2 aromatic rings. The van der Waals surface area contributed by atoms with Crippen molar-refractivity contribution < 1.29 is 26.4 Å². The van der Waals surface area contributed by atoms with E-state index in [4.69, 9.17) is 0 Å². The second-order valence-corrected chi connectivity index (χ2v) is 9.37. The first-order valence-corrected chi connectivity index (χ1v) is 11.9. The predicted molar refractivity (Wildman–Crippen MR) is 116 cm³/mol. The molecule has 1 fully saturated rings. The number of hydrogen-bond donors (Lipinski definition) is 1. The van der Waals surface area contributed by atoms with Crippen LogP contribution >= 0.6 is 0 Å². The topological polar surface area (TPSA) is 69.7 Å². The average molecular weight is 470 g/mol. The van der Waals surface area contributed by atoms with Crippen molar-refractivity contribution in [2.24, 2.45) is 0 Å². The minimum absolute atomic E-state index is 0.0297. The molecule has 1 aliphatic heterocycles. The fourth-order valence-electron chi connectivity index (χ4n) is 3.49. The van der Waals surface area contributed by atoms with Crippen molar-refractivity contribution in [2.45, 2.75) is 30.8 Å². The minimum atomic E-state index is -4.41. The summed E-state index contributed by atoms with van der Waals surface area (Å²) in [4.78, 5) is 16.3. The number of halogens is 3. The van der Waals surface area contributed by atoms with Crippen molar-refractivity contribution in [3.05, 3.63) is 59.7 Å². The van der Waals surface area contributed by atoms with Crippen molar-refractivity contribution in [2.75, 3.05) is 37.6 Å². The van der Waals surface area contributed by atoms with Crippen molar-refractivity contribution in [1.82, 2.24) is 9.62 Å². The number of nitrogens with one attached hydrogen (secondary N) is 1. The molecule has 0 aliphatic carbocycles. The number of unbranched alkanes of at least 4 members (excludes halogenated alkanes) is 1. The van der Waals surface area contributed by atoms with Crippen LogP contribution in [0.1, 0.15) is 35.7 Å². The molecule has 0 aromatic heterocycles. The molecule has 32 heavy (non-hydrogen) atoms. The molecule has 0 spiro atoms. The molecule has 10 heteroatoms. The fraction of sp³-hybridized carbons (Fsp3) is 0.409. The molecule has 0 saturated carbocycles. The Morgan fingerprint density at radius 1 is 1.03 bits per heavy atom. The van der Waals surface area contributed by atoms with Gasteiger partial charge in [-0.25, -0.2) is 13.1 Å². The van der Waals surface area contributed by atoms with E-state index < -0.39 is 21.8 Å². The third-order valence-corrected chi connectivity index (χ3v) is 6.78. The van der Waals surface area contributed by atoms with Gasteiger partial charge in [0.2, 0.25) is 10.0 Å². The molecular weight excluding hydrogens is 443 g/mol. The summed E-state index contributed by atoms with van der Waals surface area (Å²) in [5.41, 5.74) is 0.00753. The molecule has 1 N–H and O–H groups in total. The Hall–Kier alpha value is -2.59. The lowest BCUT2D eigenvalue weighted by Gasteiger charge is -2.36. The number of piperazine rings is 1. The van der Waals surface area contributed by atoms with Gasteiger partial charge in [-0.2, -0.15) is 13.2 Å². The van der Waals surface area contributed by atoms with E-state index in [9.17, 15) is 26.4 Å². The van der Waals surface area contributed by atoms with Gasteiger partial charge in [-0.05, 0) is 42.8 Å². The molecule has 2 aromatic carbocycles. The van der Waals surface area contributed by atoms with Gasteiger partial charge in [0.1, 0.15) is 0 Å². The zero-order chi connectivity index (χ0) is 23.4. The number of carbonyl (C=O) groups excluding carboxylic acids is 1. The van der Waals surface area contributed by atoms with Gasteiger partial charge in [0.15, 0.2) is 0 Å². The van der Waals surface area contributed by atoms with Crippen molar-refractivity contribution in [3.63, 3.8) is 0 Å². The first-order valence-electron chi connectivity index (χ1n) is 10.4. The molecule has 0 bridgehead atoms. The highest BCUT2D eigenvalue weighted by atomic mass is 32.2. The van der Waals surface area contributed by atoms with E-state index in [0.717, 1.165) is 18.6 Å². The van der Waals surface area contributed by atoms with Crippen LogP contribution in [0.5, 0.6) is 0 Å². The van der Waals surface area contributed by atoms with Crippen LogP contribution in [0.25, 0.3) is 0 Å². The zero-order valence-electron chi connectivity index (χ0n) is 17.7. The van der Waals surface area contributed by atoms with Crippen LogP contribution in [-0.2, 0) is 16.2 Å². The van der Waals surface area contributed by atoms with E-state index in [2.05, 4.69) is 4.72 Å². The summed E-state index contributed by atoms with van der Waals surface area (Å²) < 4.78 is 66.3. The molecule has 6 nitrogen and oxygen atoms in total. The Labute approximate surface area is 186 Å². The number of alkyl halides is 3. The molecule has 0 unspecified atom stereocenters. The van der Waals surface area contributed by atoms with Crippen LogP contribution in [0.3, 0.4) is 0 Å². The van der Waals surface area contributed by atoms with E-state index in [1.54, 1.807) is 21.9 Å². The van der Waals surface area contributed by atoms with Gasteiger partial charge < -0.3 is 9.80 Å². The van der Waals surface area contributed by atoms with Crippen LogP contribution in [-0.4, -0.2) is 51.9 Å². The Morgan fingerprint density at radius 3 is 2.38 bits per heavy atom. The second-order valence-electron chi connectivity index (χ2n) is 7.61. The van der Waals surface area contributed by atoms with Crippen LogP contribution in [0.4, 0.5) is 18.9 Å². The predicted octanol–water partition coefficient (Wildman–Crippen LogP) is 3.75. The number of sulfonamides is 1. The monoisotopic (exact) mass is 469 g/mol. The van der Waals surface area contributed by atoms with E-state index in [1.807, 2.05) is 6.92 Å². The minimum Gasteiger partial charge on any atom is -0.368 e. The highest BCUT2D eigenvalue weighted by molar-refractivity contribution is 7.89. The standard InChI is InChI=1S/C22H26F3N3O3S/c1-2-3-10-26-32(30,31)20-9-4-6-17(15-20)21(29)28-13-11-27(12-14-28)19-8-5-7-18(16-19)22(23,24)25/h4-9,15-16,26H,2-3,10-14H2,1H3. The summed E-state index contributed by atoms with van der Waals surface area (Å²) in [6.45, 7) is 3.68. The molecule has 1 saturated heterocycles. The lowest BCUT2D eigenvalue weighted by atomic mass is 10.1. The van der Waals surface area contributed by atoms with Crippen LogP contribution in [0, 0.1) is 0 Å². The summed E-state index contributed by atoms with van der Waals surface area (Å²) in [6, 6.07) is 11.0. The van der Waals surface area contributed by atoms with E-state index in [-0.39, 0.29) is 16.4 Å². The summed E-state index contributed by atoms with van der Waals surface area (Å²) in [6.07, 6.45) is -2.84. The smallest absolute Gasteiger partial charge is 0.368 e. The molecule has 174 valence electrons. The Bertz CT molecular complexity index is 1050. The molecule has 0 radical (unpaired) electrons. The quantitative estimate of drug-likeness (QED) is 0.628. The van der Waals surface area contributed by atoms with Gasteiger partial charge in [0.05, 0.1) is 10.5 Å². The lowest BCUT2D eigenvalue weighted by molar-refractivity contribution is -0.137. The zero-order valence-corrected chi connectivity index (χ0v) is 18.5. The average Bonchev–Trinajstić information content (AvgIpc) is 2.78. The van der Waals surface area contributed by atoms with E-state index >= 15 is 0 Å². The lowest BCUT2D eigenvalue weighted by Crippen LogP contribution is -2.48. The molecular formula is C22H26F3N3O3S. The van der Waals surface area contributed by atoms with Gasteiger partial charge in [-0.3, -0.25) is 4.79 Å². The number of nitrogens with zero attached hydrogens (tertiary/aromatic N) is 2. The second kappa shape index (κ2) is 9.91. The van der Waals surface area contributed by atoms with Crippen molar-refractivity contribution in [1.29, 1.82) is 0 Å². The maximum Gasteiger partial charge on any atom is 0.416 e. The molecule has 1 amide bonds. The summed E-state index contributed by atoms with van der Waals surface area (Å²) in [7, 11) is -3.70. The number of benzene rings is 2. The van der Waals surface area contributed by atoms with Gasteiger partial charge >= 0.3 is 6.18 Å². The highest BCUT2D eigenvalue weighted by Crippen LogP contribution is 2.32. The first kappa shape index (κ1) is 24.1. The number of amides is 1. The van der Waals surface area contributed by atoms with E-state index in [0.29, 0.717) is 44.8 Å². The number of carbonyl (C=O) groups is 1. The largest absolute Gasteiger partial charge is 0.416 e. The molecule has 1 aliphatic rings. The van der Waals surface area contributed by atoms with Gasteiger partial charge in [-0.1, -0.05) is 25.5 Å². The summed E-state index contributed by atoms with van der Waals surface area (Å²) in [5.74, 6) is -0.306. The Morgan fingerprint density at radius 2 is 1.72 bits per heavy atom. The fourth-order valence-corrected chi connectivity index (χ4v) is 4.61. The van der Waals surface area contributed by atoms with Gasteiger partial charge in [-0.15, -0.1) is 0 Å². The Kier molecular flexibility index (Phi) is 7.45. The summed E-state index contributed by atoms with van der Waals surface area (Å²) >= 11 is 0. The van der Waals surface area contributed by atoms with Crippen LogP contribution < -0.4 is 9.62 Å². The molecule has 3 rings (SSSR count). The first-order chi connectivity index (χ1) is 15.1. The summed E-state index contributed by atoms with van der Waals surface area (Å²) in [5, 5.41) is 0. The Balaban J connectivity index is 1.66. The van der Waals surface area contributed by atoms with Crippen molar-refractivity contribution >= 4 is 21.6 Å². The normalized spacial score (nSPS) is 15.1. The third-order valence-electron chi connectivity index (χ3n) is 5.32. The van der Waals surface area contributed by atoms with Crippen LogP contribution in [0.2, 0.25) is 0 Å². The molecule has 1 heterocycles. The van der Waals surface area contributed by atoms with E-state index in [1.165, 1.54) is 24.3 Å². The SMILES string of the molecule is CCCCNS(=O)(=O)c1cccc(C(=O)N2CCN(c3cccc(C(F)(F)F)c3)CC2)c1. The maximum absolute atomic E-state index is 13.0. The van der Waals surface area contributed by atoms with Gasteiger partial charge in [0, 0.05) is 44.0 Å². The number of hydrogen-bond acceptors (Lipinski definition) is 4. The molecule has 0 atom stereocenters. The van der Waals surface area contributed by atoms with Crippen LogP contribution in [0.15, 0.2) is 53.4 Å². The third kappa shape index (κ3) is 5.80. The number of anilines is 1. The van der Waals surface area contributed by atoms with Gasteiger partial charge in [0.25, 0.3) is 5.91 Å². The number of rotatable bonds is 7. The maximum atomic E-state index is 13.0. The van der Waals surface area contributed by atoms with Crippen molar-refractivity contribution in [3.8, 4) is 0 Å². The highest BCUT2D eigenvalue weighted by Gasteiger charge is 2.31.